The molecule has 1 heterocycles. The Balaban J connectivity index is 1.94. The number of halogens is 2. The minimum absolute atomic E-state index is 0.103. The lowest BCUT2D eigenvalue weighted by atomic mass is 9.84. The van der Waals surface area contributed by atoms with Crippen molar-refractivity contribution < 1.29 is 9.13 Å². The van der Waals surface area contributed by atoms with Crippen LogP contribution in [0, 0.1) is 11.7 Å². The van der Waals surface area contributed by atoms with Gasteiger partial charge in [0.1, 0.15) is 0 Å². The minimum Gasteiger partial charge on any atom is -0.374 e. The molecule has 5 heteroatoms. The van der Waals surface area contributed by atoms with Gasteiger partial charge in [0.25, 0.3) is 0 Å². The van der Waals surface area contributed by atoms with Crippen LogP contribution in [0.5, 0.6) is 0 Å². The molecule has 0 radical (unpaired) electrons. The van der Waals surface area contributed by atoms with Gasteiger partial charge < -0.3 is 4.74 Å². The summed E-state index contributed by atoms with van der Waals surface area (Å²) in [5.41, 5.74) is 0.411. The van der Waals surface area contributed by atoms with Crippen LogP contribution in [0.1, 0.15) is 31.4 Å². The maximum atomic E-state index is 13.6. The van der Waals surface area contributed by atoms with E-state index in [1.807, 2.05) is 0 Å². The predicted molar refractivity (Wildman–Crippen MR) is 72.6 cm³/mol. The second-order valence-corrected chi connectivity index (χ2v) is 5.25. The quantitative estimate of drug-likeness (QED) is 0.612. The number of aromatic nitrogens is 2. The van der Waals surface area contributed by atoms with Crippen LogP contribution in [0.3, 0.4) is 0 Å². The fourth-order valence-electron chi connectivity index (χ4n) is 2.58. The monoisotopic (exact) mass is 284 g/mol. The van der Waals surface area contributed by atoms with Gasteiger partial charge in [-0.25, -0.2) is 14.4 Å². The van der Waals surface area contributed by atoms with Crippen molar-refractivity contribution in [1.82, 2.24) is 9.97 Å². The van der Waals surface area contributed by atoms with E-state index >= 15 is 0 Å². The van der Waals surface area contributed by atoms with E-state index in [-0.39, 0.29) is 17.2 Å². The number of rotatable bonds is 5. The summed E-state index contributed by atoms with van der Waals surface area (Å²) in [6.45, 7) is 4.22. The first-order valence-electron chi connectivity index (χ1n) is 6.58. The van der Waals surface area contributed by atoms with Crippen LogP contribution in [-0.2, 0) is 11.2 Å². The number of nitrogens with zero attached hydrogens (tertiary/aromatic N) is 2. The molecule has 0 N–H and O–H groups in total. The van der Waals surface area contributed by atoms with Crippen LogP contribution in [0.15, 0.2) is 18.9 Å². The second kappa shape index (κ2) is 6.96. The average Bonchev–Trinajstić information content (AvgIpc) is 2.41. The molecule has 0 amide bonds. The molecule has 1 aromatic heterocycles. The Bertz CT molecular complexity index is 441. The Kier molecular flexibility index (Phi) is 5.28. The number of hydrogen-bond acceptors (Lipinski definition) is 3. The van der Waals surface area contributed by atoms with Gasteiger partial charge in [0.05, 0.1) is 24.6 Å². The largest absolute Gasteiger partial charge is 0.374 e. The lowest BCUT2D eigenvalue weighted by Gasteiger charge is -2.28. The lowest BCUT2D eigenvalue weighted by Crippen LogP contribution is -2.24. The highest BCUT2D eigenvalue weighted by atomic mass is 35.5. The van der Waals surface area contributed by atoms with Gasteiger partial charge in [-0.05, 0) is 43.2 Å². The molecule has 1 fully saturated rings. The van der Waals surface area contributed by atoms with Gasteiger partial charge in [0.2, 0.25) is 5.28 Å². The first-order chi connectivity index (χ1) is 9.19. The zero-order chi connectivity index (χ0) is 13.7. The third-order valence-corrected chi connectivity index (χ3v) is 3.64. The van der Waals surface area contributed by atoms with E-state index in [1.54, 1.807) is 6.08 Å². The van der Waals surface area contributed by atoms with E-state index in [2.05, 4.69) is 16.5 Å². The maximum Gasteiger partial charge on any atom is 0.222 e. The molecule has 1 aliphatic rings. The molecule has 0 spiro atoms. The maximum absolute atomic E-state index is 13.6. The summed E-state index contributed by atoms with van der Waals surface area (Å²) in [7, 11) is 0. The minimum atomic E-state index is -0.376. The highest BCUT2D eigenvalue weighted by molar-refractivity contribution is 6.28. The molecule has 1 saturated carbocycles. The molecule has 1 aromatic rings. The fraction of sp³-hybridized carbons (Fsp3) is 0.571. The zero-order valence-electron chi connectivity index (χ0n) is 10.8. The molecule has 2 rings (SSSR count). The van der Waals surface area contributed by atoms with Crippen LogP contribution >= 0.6 is 11.6 Å². The molecule has 2 atom stereocenters. The Labute approximate surface area is 117 Å². The fourth-order valence-corrected chi connectivity index (χ4v) is 2.73. The van der Waals surface area contributed by atoms with E-state index in [0.717, 1.165) is 31.9 Å². The zero-order valence-corrected chi connectivity index (χ0v) is 11.6. The van der Waals surface area contributed by atoms with E-state index in [1.165, 1.54) is 0 Å². The van der Waals surface area contributed by atoms with Crippen molar-refractivity contribution in [2.24, 2.45) is 5.92 Å². The number of ether oxygens (including phenoxy) is 1. The van der Waals surface area contributed by atoms with Gasteiger partial charge in [-0.3, -0.25) is 0 Å². The number of hydrogen-bond donors (Lipinski definition) is 0. The lowest BCUT2D eigenvalue weighted by molar-refractivity contribution is 0.0290. The Morgan fingerprint density at radius 1 is 1.53 bits per heavy atom. The first-order valence-corrected chi connectivity index (χ1v) is 6.96. The third-order valence-electron chi connectivity index (χ3n) is 3.45. The van der Waals surface area contributed by atoms with Gasteiger partial charge >= 0.3 is 0 Å². The Hall–Kier alpha value is -1.00. The van der Waals surface area contributed by atoms with Crippen molar-refractivity contribution in [3.63, 3.8) is 0 Å². The van der Waals surface area contributed by atoms with Crippen LogP contribution < -0.4 is 0 Å². The molecule has 3 nitrogen and oxygen atoms in total. The van der Waals surface area contributed by atoms with Crippen molar-refractivity contribution in [3.8, 4) is 0 Å². The van der Waals surface area contributed by atoms with Crippen molar-refractivity contribution in [3.05, 3.63) is 35.6 Å². The Morgan fingerprint density at radius 3 is 3.16 bits per heavy atom. The highest BCUT2D eigenvalue weighted by Crippen LogP contribution is 2.29. The van der Waals surface area contributed by atoms with E-state index in [4.69, 9.17) is 16.3 Å². The van der Waals surface area contributed by atoms with Crippen molar-refractivity contribution >= 4 is 11.6 Å². The molecule has 104 valence electrons. The van der Waals surface area contributed by atoms with Gasteiger partial charge in [-0.1, -0.05) is 12.5 Å². The van der Waals surface area contributed by atoms with Crippen molar-refractivity contribution in [2.45, 2.75) is 38.2 Å². The highest BCUT2D eigenvalue weighted by Gasteiger charge is 2.24. The van der Waals surface area contributed by atoms with Crippen LogP contribution in [0.2, 0.25) is 5.28 Å². The van der Waals surface area contributed by atoms with Crippen LogP contribution in [0.25, 0.3) is 0 Å². The predicted octanol–water partition coefficient (Wildman–Crippen LogP) is 3.57. The molecule has 0 aliphatic heterocycles. The second-order valence-electron chi connectivity index (χ2n) is 4.91. The third kappa shape index (κ3) is 4.25. The topological polar surface area (TPSA) is 35.0 Å². The summed E-state index contributed by atoms with van der Waals surface area (Å²) in [6.07, 6.45) is 7.93. The van der Waals surface area contributed by atoms with Gasteiger partial charge in [0, 0.05) is 0 Å². The van der Waals surface area contributed by atoms with Crippen molar-refractivity contribution in [2.75, 3.05) is 6.61 Å². The van der Waals surface area contributed by atoms with Gasteiger partial charge in [0.15, 0.2) is 5.82 Å². The molecular weight excluding hydrogens is 267 g/mol. The summed E-state index contributed by atoms with van der Waals surface area (Å²) in [5.74, 6) is 0.0163. The summed E-state index contributed by atoms with van der Waals surface area (Å²) < 4.78 is 19.3. The SMILES string of the molecule is C=CCOC1CCCC(Cc2nc(Cl)ncc2F)C1. The van der Waals surface area contributed by atoms with Crippen LogP contribution in [-0.4, -0.2) is 22.7 Å². The van der Waals surface area contributed by atoms with E-state index in [9.17, 15) is 4.39 Å². The summed E-state index contributed by atoms with van der Waals surface area (Å²) in [5, 5.41) is 0.103. The molecule has 0 bridgehead atoms. The molecule has 2 unspecified atom stereocenters. The van der Waals surface area contributed by atoms with Crippen molar-refractivity contribution in [1.29, 1.82) is 0 Å². The standard InChI is InChI=1S/C14H18ClFN2O/c1-2-6-19-11-5-3-4-10(7-11)8-13-12(16)9-17-14(15)18-13/h2,9-11H,1,3-8H2. The van der Waals surface area contributed by atoms with Crippen LogP contribution in [0.4, 0.5) is 4.39 Å². The summed E-state index contributed by atoms with van der Waals surface area (Å²) >= 11 is 5.71. The summed E-state index contributed by atoms with van der Waals surface area (Å²) in [6, 6.07) is 0. The Morgan fingerprint density at radius 2 is 2.37 bits per heavy atom. The smallest absolute Gasteiger partial charge is 0.222 e. The molecular formula is C14H18ClFN2O. The first kappa shape index (κ1) is 14.4. The molecule has 0 saturated heterocycles. The molecule has 19 heavy (non-hydrogen) atoms. The van der Waals surface area contributed by atoms with E-state index in [0.29, 0.717) is 24.6 Å². The summed E-state index contributed by atoms with van der Waals surface area (Å²) in [4.78, 5) is 7.61. The molecule has 0 aromatic carbocycles. The van der Waals surface area contributed by atoms with E-state index < -0.39 is 0 Å². The molecule has 1 aliphatic carbocycles. The van der Waals surface area contributed by atoms with Gasteiger partial charge in [-0.2, -0.15) is 0 Å². The average molecular weight is 285 g/mol. The van der Waals surface area contributed by atoms with Gasteiger partial charge in [-0.15, -0.1) is 6.58 Å². The normalized spacial score (nSPS) is 23.3.